The first-order valence-corrected chi connectivity index (χ1v) is 6.52. The normalized spacial score (nSPS) is 15.1. The van der Waals surface area contributed by atoms with E-state index in [0.29, 0.717) is 12.3 Å². The largest absolute Gasteiger partial charge is 0.461 e. The number of rotatable bonds is 4. The van der Waals surface area contributed by atoms with E-state index in [-0.39, 0.29) is 17.0 Å². The van der Waals surface area contributed by atoms with Crippen LogP contribution in [0.1, 0.15) is 46.5 Å². The Balaban J connectivity index is 1.96. The molecule has 0 unspecified atom stereocenters. The highest BCUT2D eigenvalue weighted by Gasteiger charge is 2.22. The molecule has 0 radical (unpaired) electrons. The molecule has 1 aromatic rings. The maximum Gasteiger partial charge on any atom is 0.367 e. The average Bonchev–Trinajstić information content (AvgIpc) is 2.72. The molecule has 0 spiro atoms. The maximum atomic E-state index is 11.7. The van der Waals surface area contributed by atoms with Crippen LogP contribution in [-0.2, 0) is 4.74 Å². The zero-order valence-corrected chi connectivity index (χ0v) is 10.4. The molecule has 0 atom stereocenters. The van der Waals surface area contributed by atoms with Crippen molar-refractivity contribution in [3.63, 3.8) is 0 Å². The second-order valence-electron chi connectivity index (χ2n) is 3.86. The van der Waals surface area contributed by atoms with Crippen molar-refractivity contribution in [3.8, 4) is 0 Å². The van der Waals surface area contributed by atoms with Gasteiger partial charge in [-0.2, -0.15) is 0 Å². The second-order valence-corrected chi connectivity index (χ2v) is 4.72. The van der Waals surface area contributed by atoms with E-state index in [1.54, 1.807) is 12.3 Å². The van der Waals surface area contributed by atoms with Gasteiger partial charge in [0.05, 0.1) is 6.61 Å². The molecule has 17 heavy (non-hydrogen) atoms. The Hall–Kier alpha value is -1.43. The summed E-state index contributed by atoms with van der Waals surface area (Å²) in [6.07, 6.45) is 3.22. The van der Waals surface area contributed by atoms with Crippen molar-refractivity contribution >= 4 is 23.2 Å². The van der Waals surface area contributed by atoms with Crippen LogP contribution in [0, 0.1) is 0 Å². The van der Waals surface area contributed by atoms with Gasteiger partial charge in [0.25, 0.3) is 5.91 Å². The molecule has 1 fully saturated rings. The Morgan fingerprint density at radius 2 is 2.35 bits per heavy atom. The smallest absolute Gasteiger partial charge is 0.367 e. The molecule has 0 aliphatic heterocycles. The Kier molecular flexibility index (Phi) is 3.73. The van der Waals surface area contributed by atoms with Gasteiger partial charge in [0, 0.05) is 11.4 Å². The summed E-state index contributed by atoms with van der Waals surface area (Å²) in [6, 6.07) is 0.273. The molecular weight excluding hydrogens is 240 g/mol. The van der Waals surface area contributed by atoms with E-state index in [2.05, 4.69) is 10.3 Å². The van der Waals surface area contributed by atoms with Crippen molar-refractivity contribution in [2.45, 2.75) is 32.2 Å². The van der Waals surface area contributed by atoms with Crippen LogP contribution in [0.15, 0.2) is 5.38 Å². The molecule has 1 heterocycles. The minimum Gasteiger partial charge on any atom is -0.461 e. The van der Waals surface area contributed by atoms with E-state index in [0.717, 1.165) is 30.6 Å². The van der Waals surface area contributed by atoms with Gasteiger partial charge in [0.15, 0.2) is 0 Å². The second kappa shape index (κ2) is 5.27. The molecular formula is C11H14N2O3S. The molecule has 0 aromatic carbocycles. The van der Waals surface area contributed by atoms with Crippen LogP contribution in [0.5, 0.6) is 0 Å². The van der Waals surface area contributed by atoms with Gasteiger partial charge in [-0.25, -0.2) is 9.78 Å². The third-order valence-corrected chi connectivity index (χ3v) is 3.45. The third-order valence-electron chi connectivity index (χ3n) is 2.63. The first kappa shape index (κ1) is 12.0. The van der Waals surface area contributed by atoms with E-state index in [1.165, 1.54) is 0 Å². The summed E-state index contributed by atoms with van der Waals surface area (Å²) in [7, 11) is 0. The first-order chi connectivity index (χ1) is 8.20. The zero-order valence-electron chi connectivity index (χ0n) is 9.56. The molecule has 6 heteroatoms. The van der Waals surface area contributed by atoms with Gasteiger partial charge in [-0.05, 0) is 26.2 Å². The lowest BCUT2D eigenvalue weighted by Crippen LogP contribution is -2.39. The fourth-order valence-corrected chi connectivity index (χ4v) is 2.17. The zero-order chi connectivity index (χ0) is 12.3. The number of hydrogen-bond donors (Lipinski definition) is 1. The summed E-state index contributed by atoms with van der Waals surface area (Å²) >= 11 is 1.13. The lowest BCUT2D eigenvalue weighted by atomic mass is 9.93. The van der Waals surface area contributed by atoms with E-state index in [4.69, 9.17) is 4.74 Å². The fourth-order valence-electron chi connectivity index (χ4n) is 1.48. The van der Waals surface area contributed by atoms with Crippen molar-refractivity contribution in [2.75, 3.05) is 6.61 Å². The predicted octanol–water partition coefficient (Wildman–Crippen LogP) is 1.60. The highest BCUT2D eigenvalue weighted by atomic mass is 32.1. The molecule has 1 saturated carbocycles. The average molecular weight is 254 g/mol. The first-order valence-electron chi connectivity index (χ1n) is 5.64. The minimum atomic E-state index is -0.472. The number of amides is 1. The van der Waals surface area contributed by atoms with Gasteiger partial charge < -0.3 is 10.1 Å². The van der Waals surface area contributed by atoms with Gasteiger partial charge >= 0.3 is 5.97 Å². The SMILES string of the molecule is CCOC(=O)c1nc(C(=O)NC2CCC2)cs1. The van der Waals surface area contributed by atoms with Crippen molar-refractivity contribution in [3.05, 3.63) is 16.1 Å². The summed E-state index contributed by atoms with van der Waals surface area (Å²) in [5.41, 5.74) is 0.296. The lowest BCUT2D eigenvalue weighted by Gasteiger charge is -2.25. The van der Waals surface area contributed by atoms with Gasteiger partial charge in [0.2, 0.25) is 5.01 Å². The van der Waals surface area contributed by atoms with Crippen molar-refractivity contribution in [1.82, 2.24) is 10.3 Å². The molecule has 1 aliphatic carbocycles. The van der Waals surface area contributed by atoms with Crippen LogP contribution in [0.4, 0.5) is 0 Å². The highest BCUT2D eigenvalue weighted by molar-refractivity contribution is 7.11. The highest BCUT2D eigenvalue weighted by Crippen LogP contribution is 2.19. The Morgan fingerprint density at radius 3 is 2.94 bits per heavy atom. The summed E-state index contributed by atoms with van der Waals surface area (Å²) in [5.74, 6) is -0.679. The molecule has 5 nitrogen and oxygen atoms in total. The number of carbonyl (C=O) groups excluding carboxylic acids is 2. The Morgan fingerprint density at radius 1 is 1.59 bits per heavy atom. The quantitative estimate of drug-likeness (QED) is 0.829. The molecule has 1 amide bonds. The van der Waals surface area contributed by atoms with Crippen molar-refractivity contribution in [2.24, 2.45) is 0 Å². The Bertz CT molecular complexity index is 426. The number of hydrogen-bond acceptors (Lipinski definition) is 5. The summed E-state index contributed by atoms with van der Waals surface area (Å²) in [4.78, 5) is 27.1. The van der Waals surface area contributed by atoms with Gasteiger partial charge in [-0.15, -0.1) is 11.3 Å². The topological polar surface area (TPSA) is 68.3 Å². The number of aromatic nitrogens is 1. The van der Waals surface area contributed by atoms with E-state index in [9.17, 15) is 9.59 Å². The van der Waals surface area contributed by atoms with Crippen LogP contribution >= 0.6 is 11.3 Å². The number of esters is 1. The van der Waals surface area contributed by atoms with Gasteiger partial charge in [-0.3, -0.25) is 4.79 Å². The number of ether oxygens (including phenoxy) is 1. The molecule has 1 aliphatic rings. The van der Waals surface area contributed by atoms with Crippen LogP contribution in [0.25, 0.3) is 0 Å². The van der Waals surface area contributed by atoms with Crippen LogP contribution in [0.3, 0.4) is 0 Å². The number of nitrogens with zero attached hydrogens (tertiary/aromatic N) is 1. The molecule has 0 bridgehead atoms. The molecule has 2 rings (SSSR count). The van der Waals surface area contributed by atoms with E-state index in [1.807, 2.05) is 0 Å². The van der Waals surface area contributed by atoms with Crippen molar-refractivity contribution in [1.29, 1.82) is 0 Å². The number of nitrogens with one attached hydrogen (secondary N) is 1. The maximum absolute atomic E-state index is 11.7. The fraction of sp³-hybridized carbons (Fsp3) is 0.545. The standard InChI is InChI=1S/C11H14N2O3S/c1-2-16-11(15)10-13-8(6-17-10)9(14)12-7-4-3-5-7/h6-7H,2-5H2,1H3,(H,12,14). The number of thiazole rings is 1. The van der Waals surface area contributed by atoms with Crippen molar-refractivity contribution < 1.29 is 14.3 Å². The monoisotopic (exact) mass is 254 g/mol. The molecule has 1 aromatic heterocycles. The Labute approximate surface area is 103 Å². The summed E-state index contributed by atoms with van der Waals surface area (Å²) < 4.78 is 4.81. The summed E-state index contributed by atoms with van der Waals surface area (Å²) in [5, 5.41) is 4.68. The molecule has 92 valence electrons. The molecule has 1 N–H and O–H groups in total. The van der Waals surface area contributed by atoms with Gasteiger partial charge in [0.1, 0.15) is 5.69 Å². The minimum absolute atomic E-state index is 0.207. The van der Waals surface area contributed by atoms with Gasteiger partial charge in [-0.1, -0.05) is 0 Å². The summed E-state index contributed by atoms with van der Waals surface area (Å²) in [6.45, 7) is 2.04. The predicted molar refractivity (Wildman–Crippen MR) is 63.2 cm³/mol. The van der Waals surface area contributed by atoms with Crippen LogP contribution in [0.2, 0.25) is 0 Å². The number of carbonyl (C=O) groups is 2. The molecule has 0 saturated heterocycles. The third kappa shape index (κ3) is 2.82. The van der Waals surface area contributed by atoms with Crippen LogP contribution in [-0.4, -0.2) is 29.5 Å². The van der Waals surface area contributed by atoms with E-state index < -0.39 is 5.97 Å². The lowest BCUT2D eigenvalue weighted by molar-refractivity contribution is 0.0526. The van der Waals surface area contributed by atoms with E-state index >= 15 is 0 Å². The van der Waals surface area contributed by atoms with Crippen LogP contribution < -0.4 is 5.32 Å².